The van der Waals surface area contributed by atoms with Crippen molar-refractivity contribution < 1.29 is 9.47 Å². The number of nitrogens with zero attached hydrogens (tertiary/aromatic N) is 2. The van der Waals surface area contributed by atoms with Crippen molar-refractivity contribution in [2.45, 2.75) is 44.9 Å². The van der Waals surface area contributed by atoms with Gasteiger partial charge in [-0.05, 0) is 34.7 Å². The molecule has 0 radical (unpaired) electrons. The van der Waals surface area contributed by atoms with Crippen molar-refractivity contribution in [3.63, 3.8) is 0 Å². The summed E-state index contributed by atoms with van der Waals surface area (Å²) >= 11 is 6.10. The highest BCUT2D eigenvalue weighted by Crippen LogP contribution is 2.50. The van der Waals surface area contributed by atoms with E-state index in [2.05, 4.69) is 56.1 Å². The summed E-state index contributed by atoms with van der Waals surface area (Å²) in [5, 5.41) is 7.85. The molecule has 0 amide bonds. The maximum Gasteiger partial charge on any atom is 0.214 e. The summed E-state index contributed by atoms with van der Waals surface area (Å²) in [5.74, 6) is 1.55. The van der Waals surface area contributed by atoms with Gasteiger partial charge in [-0.15, -0.1) is 0 Å². The van der Waals surface area contributed by atoms with Crippen molar-refractivity contribution in [1.82, 2.24) is 5.01 Å². The van der Waals surface area contributed by atoms with E-state index < -0.39 is 0 Å². The molecule has 164 valence electrons. The van der Waals surface area contributed by atoms with Gasteiger partial charge in [0.25, 0.3) is 0 Å². The SMILES string of the molecule is COc1cccc2c1O[C@@H](c1ccc(C(C)(C)C)cc1)N1N=C(c3ccc(Cl)cc3)C[C@@H]21. The van der Waals surface area contributed by atoms with Crippen LogP contribution in [0.3, 0.4) is 0 Å². The highest BCUT2D eigenvalue weighted by molar-refractivity contribution is 6.30. The third-order valence-electron chi connectivity index (χ3n) is 6.24. The number of hydrazone groups is 1. The van der Waals surface area contributed by atoms with Gasteiger partial charge in [0, 0.05) is 22.6 Å². The van der Waals surface area contributed by atoms with Crippen molar-refractivity contribution in [2.24, 2.45) is 5.10 Å². The summed E-state index contributed by atoms with van der Waals surface area (Å²) in [6, 6.07) is 22.7. The lowest BCUT2D eigenvalue weighted by molar-refractivity contribution is -0.0209. The molecule has 3 aromatic carbocycles. The van der Waals surface area contributed by atoms with Gasteiger partial charge >= 0.3 is 0 Å². The van der Waals surface area contributed by atoms with Crippen LogP contribution in [0.5, 0.6) is 11.5 Å². The monoisotopic (exact) mass is 446 g/mol. The summed E-state index contributed by atoms with van der Waals surface area (Å²) in [7, 11) is 1.68. The van der Waals surface area contributed by atoms with Crippen LogP contribution < -0.4 is 9.47 Å². The van der Waals surface area contributed by atoms with Gasteiger partial charge in [0.05, 0.1) is 18.9 Å². The van der Waals surface area contributed by atoms with E-state index in [0.717, 1.165) is 45.3 Å². The smallest absolute Gasteiger partial charge is 0.214 e. The van der Waals surface area contributed by atoms with Gasteiger partial charge in [0.15, 0.2) is 11.5 Å². The molecular formula is C27H27ClN2O2. The third kappa shape index (κ3) is 3.63. The predicted molar refractivity (Wildman–Crippen MR) is 129 cm³/mol. The molecule has 0 unspecified atom stereocenters. The van der Waals surface area contributed by atoms with E-state index in [9.17, 15) is 0 Å². The summed E-state index contributed by atoms with van der Waals surface area (Å²) in [4.78, 5) is 0. The molecule has 32 heavy (non-hydrogen) atoms. The Bertz CT molecular complexity index is 1160. The van der Waals surface area contributed by atoms with Crippen molar-refractivity contribution in [3.8, 4) is 11.5 Å². The zero-order chi connectivity index (χ0) is 22.5. The fourth-order valence-corrected chi connectivity index (χ4v) is 4.55. The lowest BCUT2D eigenvalue weighted by Crippen LogP contribution is -2.34. The predicted octanol–water partition coefficient (Wildman–Crippen LogP) is 6.89. The Balaban J connectivity index is 1.58. The molecule has 2 aliphatic heterocycles. The van der Waals surface area contributed by atoms with E-state index >= 15 is 0 Å². The van der Waals surface area contributed by atoms with Crippen LogP contribution in [0.4, 0.5) is 0 Å². The van der Waals surface area contributed by atoms with E-state index in [1.165, 1.54) is 5.56 Å². The number of hydrogen-bond donors (Lipinski definition) is 0. The Kier molecular flexibility index (Phi) is 5.13. The number of rotatable bonds is 3. The molecule has 5 rings (SSSR count). The van der Waals surface area contributed by atoms with Gasteiger partial charge in [0.1, 0.15) is 0 Å². The normalized spacial score (nSPS) is 19.7. The number of halogens is 1. The molecule has 0 saturated heterocycles. The molecule has 2 aliphatic rings. The molecule has 0 N–H and O–H groups in total. The van der Waals surface area contributed by atoms with Gasteiger partial charge in [-0.3, -0.25) is 0 Å². The van der Waals surface area contributed by atoms with Crippen LogP contribution in [-0.2, 0) is 5.41 Å². The van der Waals surface area contributed by atoms with E-state index in [1.54, 1.807) is 7.11 Å². The van der Waals surface area contributed by atoms with Crippen LogP contribution in [0.2, 0.25) is 5.02 Å². The second-order valence-corrected chi connectivity index (χ2v) is 9.81. The zero-order valence-corrected chi connectivity index (χ0v) is 19.6. The van der Waals surface area contributed by atoms with Crippen LogP contribution >= 0.6 is 11.6 Å². The standard InChI is InChI=1S/C27H27ClN2O2/c1-27(2,3)19-12-8-18(9-13-19)26-30-23(21-6-5-7-24(31-4)25(21)32-26)16-22(29-30)17-10-14-20(28)15-11-17/h5-15,23,26H,16H2,1-4H3/t23-,26-/m0/s1. The number of ether oxygens (including phenoxy) is 2. The first kappa shape index (κ1) is 20.9. The van der Waals surface area contributed by atoms with Crippen molar-refractivity contribution >= 4 is 17.3 Å². The van der Waals surface area contributed by atoms with Crippen molar-refractivity contribution in [3.05, 3.63) is 94.0 Å². The minimum absolute atomic E-state index is 0.0758. The Hall–Kier alpha value is -2.98. The second kappa shape index (κ2) is 7.86. The molecule has 0 fully saturated rings. The maximum absolute atomic E-state index is 6.56. The maximum atomic E-state index is 6.56. The number of para-hydroxylation sites is 1. The van der Waals surface area contributed by atoms with Crippen LogP contribution in [-0.4, -0.2) is 17.8 Å². The van der Waals surface area contributed by atoms with Crippen LogP contribution in [0.1, 0.15) is 61.7 Å². The molecule has 0 aliphatic carbocycles. The zero-order valence-electron chi connectivity index (χ0n) is 18.8. The van der Waals surface area contributed by atoms with Gasteiger partial charge in [-0.1, -0.05) is 80.9 Å². The molecule has 0 bridgehead atoms. The van der Waals surface area contributed by atoms with Gasteiger partial charge in [-0.2, -0.15) is 5.10 Å². The first-order valence-corrected chi connectivity index (χ1v) is 11.3. The molecule has 2 heterocycles. The number of hydrogen-bond acceptors (Lipinski definition) is 4. The van der Waals surface area contributed by atoms with Crippen LogP contribution in [0.15, 0.2) is 71.8 Å². The molecule has 2 atom stereocenters. The van der Waals surface area contributed by atoms with E-state index in [-0.39, 0.29) is 17.7 Å². The Morgan fingerprint density at radius 2 is 1.72 bits per heavy atom. The Labute approximate surface area is 194 Å². The van der Waals surface area contributed by atoms with E-state index in [4.69, 9.17) is 26.2 Å². The largest absolute Gasteiger partial charge is 0.493 e. The van der Waals surface area contributed by atoms with Gasteiger partial charge < -0.3 is 9.47 Å². The molecule has 4 nitrogen and oxygen atoms in total. The second-order valence-electron chi connectivity index (χ2n) is 9.37. The summed E-state index contributed by atoms with van der Waals surface area (Å²) < 4.78 is 12.2. The third-order valence-corrected chi connectivity index (χ3v) is 6.49. The van der Waals surface area contributed by atoms with E-state index in [1.807, 2.05) is 36.4 Å². The van der Waals surface area contributed by atoms with Crippen LogP contribution in [0.25, 0.3) is 0 Å². The average molecular weight is 447 g/mol. The number of benzene rings is 3. The highest BCUT2D eigenvalue weighted by Gasteiger charge is 2.42. The minimum Gasteiger partial charge on any atom is -0.493 e. The van der Waals surface area contributed by atoms with Crippen LogP contribution in [0, 0.1) is 0 Å². The number of fused-ring (bicyclic) bond motifs is 3. The van der Waals surface area contributed by atoms with Crippen molar-refractivity contribution in [1.29, 1.82) is 0 Å². The number of methoxy groups -OCH3 is 1. The quantitative estimate of drug-likeness (QED) is 0.439. The Morgan fingerprint density at radius 1 is 1.00 bits per heavy atom. The fraction of sp³-hybridized carbons (Fsp3) is 0.296. The molecule has 0 aromatic heterocycles. The summed E-state index contributed by atoms with van der Waals surface area (Å²) in [5.41, 5.74) is 5.66. The van der Waals surface area contributed by atoms with Gasteiger partial charge in [0.2, 0.25) is 6.23 Å². The van der Waals surface area contributed by atoms with Crippen molar-refractivity contribution in [2.75, 3.05) is 7.11 Å². The molecule has 3 aromatic rings. The average Bonchev–Trinajstić information content (AvgIpc) is 3.24. The molecule has 0 saturated carbocycles. The highest BCUT2D eigenvalue weighted by atomic mass is 35.5. The molecule has 0 spiro atoms. The fourth-order valence-electron chi connectivity index (χ4n) is 4.43. The molecule has 5 heteroatoms. The minimum atomic E-state index is -0.331. The lowest BCUT2D eigenvalue weighted by Gasteiger charge is -2.38. The van der Waals surface area contributed by atoms with Gasteiger partial charge in [-0.25, -0.2) is 5.01 Å². The first-order valence-electron chi connectivity index (χ1n) is 10.9. The molecular weight excluding hydrogens is 420 g/mol. The topological polar surface area (TPSA) is 34.1 Å². The Morgan fingerprint density at radius 3 is 2.38 bits per heavy atom. The first-order chi connectivity index (χ1) is 15.3. The van der Waals surface area contributed by atoms with E-state index in [0.29, 0.717) is 0 Å². The summed E-state index contributed by atoms with van der Waals surface area (Å²) in [6.07, 6.45) is 0.462. The summed E-state index contributed by atoms with van der Waals surface area (Å²) in [6.45, 7) is 6.66. The lowest BCUT2D eigenvalue weighted by atomic mass is 9.86.